The SMILES string of the molecule is COc1c(-c2cc3c(s2)S(O)(O)N(C)CC3N)ccc2c(=O)c(C(=O)O)cn(C3CC3)c12. The molecular weight excluding hydrogens is 454 g/mol. The smallest absolute Gasteiger partial charge is 0.341 e. The van der Waals surface area contributed by atoms with Crippen LogP contribution in [0.5, 0.6) is 5.75 Å². The van der Waals surface area contributed by atoms with E-state index in [1.807, 2.05) is 10.6 Å². The van der Waals surface area contributed by atoms with E-state index in [-0.39, 0.29) is 23.0 Å². The number of hydrogen-bond donors (Lipinski definition) is 4. The van der Waals surface area contributed by atoms with Gasteiger partial charge in [-0.1, -0.05) is 10.8 Å². The van der Waals surface area contributed by atoms with E-state index >= 15 is 0 Å². The van der Waals surface area contributed by atoms with Crippen molar-refractivity contribution in [3.63, 3.8) is 0 Å². The maximum atomic E-state index is 12.9. The highest BCUT2D eigenvalue weighted by atomic mass is 32.3. The summed E-state index contributed by atoms with van der Waals surface area (Å²) in [6.07, 6.45) is 3.18. The topological polar surface area (TPSA) is 138 Å². The number of ether oxygens (including phenoxy) is 1. The summed E-state index contributed by atoms with van der Waals surface area (Å²) in [5, 5.41) is 9.77. The third kappa shape index (κ3) is 3.08. The molecule has 0 spiro atoms. The Kier molecular flexibility index (Phi) is 4.89. The zero-order valence-corrected chi connectivity index (χ0v) is 19.1. The molecule has 1 unspecified atom stereocenters. The second kappa shape index (κ2) is 7.30. The number of likely N-dealkylation sites (N-methyl/N-ethyl adjacent to an activating group) is 1. The lowest BCUT2D eigenvalue weighted by Gasteiger charge is -2.45. The molecule has 0 amide bonds. The molecule has 170 valence electrons. The fourth-order valence-electron chi connectivity index (χ4n) is 4.23. The Bertz CT molecular complexity index is 1330. The van der Waals surface area contributed by atoms with Crippen LogP contribution in [0.25, 0.3) is 21.3 Å². The summed E-state index contributed by atoms with van der Waals surface area (Å²) in [6.45, 7) is 0.319. The van der Waals surface area contributed by atoms with E-state index in [1.54, 1.807) is 19.2 Å². The first-order valence-corrected chi connectivity index (χ1v) is 12.4. The number of thiophene rings is 1. The molecule has 32 heavy (non-hydrogen) atoms. The Hall–Kier alpha value is -2.41. The Morgan fingerprint density at radius 3 is 2.66 bits per heavy atom. The maximum Gasteiger partial charge on any atom is 0.341 e. The standard InChI is InChI=1S/C21H23N3O6S2/c1-23-9-15(22)13-7-16(31-21(13)32(23,28)29)11-5-6-12-17(19(11)30-2)24(10-3-4-10)8-14(18(12)25)20(26)27/h5-8,10,15,28-29H,3-4,9,22H2,1-2H3,(H,26,27). The molecule has 5 N–H and O–H groups in total. The van der Waals surface area contributed by atoms with Crippen LogP contribution in [0.2, 0.25) is 0 Å². The largest absolute Gasteiger partial charge is 0.494 e. The molecule has 3 heterocycles. The van der Waals surface area contributed by atoms with Crippen molar-refractivity contribution >= 4 is 39.0 Å². The molecule has 1 aliphatic heterocycles. The van der Waals surface area contributed by atoms with Crippen LogP contribution in [-0.4, -0.2) is 49.8 Å². The summed E-state index contributed by atoms with van der Waals surface area (Å²) in [6, 6.07) is 4.91. The molecule has 1 aromatic carbocycles. The van der Waals surface area contributed by atoms with Gasteiger partial charge in [-0.3, -0.25) is 13.9 Å². The molecule has 9 nitrogen and oxygen atoms in total. The third-order valence-corrected chi connectivity index (χ3v) is 9.70. The van der Waals surface area contributed by atoms with Crippen LogP contribution in [0.4, 0.5) is 0 Å². The second-order valence-electron chi connectivity index (χ2n) is 8.15. The van der Waals surface area contributed by atoms with Gasteiger partial charge >= 0.3 is 5.97 Å². The Morgan fingerprint density at radius 1 is 1.31 bits per heavy atom. The average Bonchev–Trinajstić information content (AvgIpc) is 3.48. The fraction of sp³-hybridized carbons (Fsp3) is 0.333. The number of nitrogens with zero attached hydrogens (tertiary/aromatic N) is 2. The van der Waals surface area contributed by atoms with E-state index in [4.69, 9.17) is 10.5 Å². The van der Waals surface area contributed by atoms with E-state index in [2.05, 4.69) is 0 Å². The molecule has 2 aromatic heterocycles. The van der Waals surface area contributed by atoms with Crippen LogP contribution in [0.3, 0.4) is 0 Å². The van der Waals surface area contributed by atoms with Crippen LogP contribution in [0, 0.1) is 0 Å². The molecule has 1 atom stereocenters. The summed E-state index contributed by atoms with van der Waals surface area (Å²) in [4.78, 5) is 25.2. The van der Waals surface area contributed by atoms with Gasteiger partial charge in [0.15, 0.2) is 5.75 Å². The predicted molar refractivity (Wildman–Crippen MR) is 124 cm³/mol. The van der Waals surface area contributed by atoms with Gasteiger partial charge in [-0.2, -0.15) is 0 Å². The monoisotopic (exact) mass is 477 g/mol. The lowest BCUT2D eigenvalue weighted by atomic mass is 10.0. The zero-order chi connectivity index (χ0) is 22.9. The van der Waals surface area contributed by atoms with Gasteiger partial charge in [-0.15, -0.1) is 11.3 Å². The maximum absolute atomic E-state index is 12.9. The molecule has 0 bridgehead atoms. The van der Waals surface area contributed by atoms with Crippen LogP contribution in [-0.2, 0) is 0 Å². The first kappa shape index (κ1) is 21.4. The van der Waals surface area contributed by atoms with Crippen molar-refractivity contribution in [3.05, 3.63) is 45.7 Å². The summed E-state index contributed by atoms with van der Waals surface area (Å²) in [5.74, 6) is -0.816. The number of pyridine rings is 1. The molecule has 1 aliphatic carbocycles. The predicted octanol–water partition coefficient (Wildman–Crippen LogP) is 3.74. The van der Waals surface area contributed by atoms with Gasteiger partial charge < -0.3 is 20.1 Å². The number of aromatic carboxylic acids is 1. The van der Waals surface area contributed by atoms with Crippen molar-refractivity contribution in [1.29, 1.82) is 0 Å². The Balaban J connectivity index is 1.78. The average molecular weight is 478 g/mol. The number of methoxy groups -OCH3 is 1. The lowest BCUT2D eigenvalue weighted by Crippen LogP contribution is -2.36. The number of fused-ring (bicyclic) bond motifs is 2. The highest BCUT2D eigenvalue weighted by Gasteiger charge is 2.36. The van der Waals surface area contributed by atoms with Crippen molar-refractivity contribution in [2.24, 2.45) is 5.73 Å². The van der Waals surface area contributed by atoms with E-state index < -0.39 is 22.2 Å². The van der Waals surface area contributed by atoms with Crippen molar-refractivity contribution in [2.45, 2.75) is 29.1 Å². The van der Waals surface area contributed by atoms with Crippen LogP contribution < -0.4 is 15.9 Å². The number of benzene rings is 1. The lowest BCUT2D eigenvalue weighted by molar-refractivity contribution is 0.0694. The first-order valence-electron chi connectivity index (χ1n) is 10.0. The van der Waals surface area contributed by atoms with E-state index in [9.17, 15) is 23.8 Å². The molecule has 1 saturated carbocycles. The third-order valence-electron chi connectivity index (χ3n) is 6.05. The van der Waals surface area contributed by atoms with Crippen molar-refractivity contribution in [3.8, 4) is 16.2 Å². The minimum absolute atomic E-state index is 0.103. The molecule has 2 aliphatic rings. The van der Waals surface area contributed by atoms with E-state index in [0.717, 1.165) is 17.7 Å². The van der Waals surface area contributed by atoms with Gasteiger partial charge in [0.1, 0.15) is 9.77 Å². The van der Waals surface area contributed by atoms with Crippen LogP contribution >= 0.6 is 22.1 Å². The molecule has 11 heteroatoms. The molecule has 3 aromatic rings. The summed E-state index contributed by atoms with van der Waals surface area (Å²) in [7, 11) is 0.00737. The minimum Gasteiger partial charge on any atom is -0.494 e. The normalized spacial score (nSPS) is 21.3. The van der Waals surface area contributed by atoms with E-state index in [0.29, 0.717) is 33.1 Å². The molecule has 1 fully saturated rings. The van der Waals surface area contributed by atoms with Crippen LogP contribution in [0.15, 0.2) is 33.4 Å². The first-order chi connectivity index (χ1) is 15.1. The number of aromatic nitrogens is 1. The number of nitrogens with two attached hydrogens (primary N) is 1. The summed E-state index contributed by atoms with van der Waals surface area (Å²) < 4.78 is 30.9. The quantitative estimate of drug-likeness (QED) is 0.446. The summed E-state index contributed by atoms with van der Waals surface area (Å²) >= 11 is 1.24. The number of carbonyl (C=O) groups is 1. The zero-order valence-electron chi connectivity index (χ0n) is 17.4. The number of carboxylic acids is 1. The molecule has 0 radical (unpaired) electrons. The molecule has 5 rings (SSSR count). The van der Waals surface area contributed by atoms with Gasteiger partial charge in [-0.05, 0) is 31.0 Å². The molecular formula is C21H23N3O6S2. The van der Waals surface area contributed by atoms with Crippen molar-refractivity contribution < 1.29 is 23.7 Å². The number of carboxylic acid groups (broad SMARTS) is 1. The van der Waals surface area contributed by atoms with Crippen LogP contribution in [0.1, 0.15) is 40.8 Å². The number of hydrogen-bond acceptors (Lipinski definition) is 8. The van der Waals surface area contributed by atoms with Gasteiger partial charge in [0.05, 0.1) is 18.0 Å². The Morgan fingerprint density at radius 2 is 2.03 bits per heavy atom. The van der Waals surface area contributed by atoms with E-state index in [1.165, 1.54) is 28.9 Å². The van der Waals surface area contributed by atoms with Gasteiger partial charge in [0.2, 0.25) is 5.43 Å². The fourth-order valence-corrected chi connectivity index (χ4v) is 7.49. The van der Waals surface area contributed by atoms with Gasteiger partial charge in [-0.25, -0.2) is 9.10 Å². The highest BCUT2D eigenvalue weighted by Crippen LogP contribution is 2.61. The Labute approximate surface area is 189 Å². The van der Waals surface area contributed by atoms with Gasteiger partial charge in [0, 0.05) is 47.9 Å². The number of rotatable bonds is 4. The van der Waals surface area contributed by atoms with Crippen molar-refractivity contribution in [2.75, 3.05) is 20.7 Å². The van der Waals surface area contributed by atoms with Crippen molar-refractivity contribution in [1.82, 2.24) is 8.87 Å². The summed E-state index contributed by atoms with van der Waals surface area (Å²) in [5.41, 5.74) is 7.36. The van der Waals surface area contributed by atoms with Gasteiger partial charge in [0.25, 0.3) is 0 Å². The highest BCUT2D eigenvalue weighted by molar-refractivity contribution is 8.23. The minimum atomic E-state index is -3.13. The molecule has 0 saturated heterocycles. The second-order valence-corrected chi connectivity index (χ2v) is 11.5.